The van der Waals surface area contributed by atoms with Gasteiger partial charge < -0.3 is 25.7 Å². The molecule has 4 N–H and O–H groups in total. The molecule has 0 aromatic heterocycles. The molecule has 0 spiro atoms. The summed E-state index contributed by atoms with van der Waals surface area (Å²) in [6.07, 6.45) is -4.36. The van der Waals surface area contributed by atoms with Gasteiger partial charge in [0.25, 0.3) is 12.4 Å². The lowest BCUT2D eigenvalue weighted by atomic mass is 9.99. The van der Waals surface area contributed by atoms with Gasteiger partial charge in [-0.05, 0) is 54.3 Å². The molecule has 1 fully saturated rings. The molecule has 0 bridgehead atoms. The lowest BCUT2D eigenvalue weighted by Gasteiger charge is -2.31. The van der Waals surface area contributed by atoms with E-state index in [0.717, 1.165) is 36.1 Å². The van der Waals surface area contributed by atoms with Crippen LogP contribution in [0, 0.1) is 11.6 Å². The van der Waals surface area contributed by atoms with Crippen LogP contribution < -0.4 is 19.8 Å². The van der Waals surface area contributed by atoms with Crippen LogP contribution >= 0.6 is 0 Å². The Labute approximate surface area is 308 Å². The van der Waals surface area contributed by atoms with Gasteiger partial charge in [-0.1, -0.05) is 54.6 Å². The summed E-state index contributed by atoms with van der Waals surface area (Å²) in [7, 11) is -4.32. The van der Waals surface area contributed by atoms with Gasteiger partial charge in [-0.3, -0.25) is 14.4 Å². The molecule has 1 aliphatic heterocycles. The number of aliphatic hydroxyl groups excluding tert-OH is 1. The number of rotatable bonds is 13. The molecule has 4 aromatic rings. The molecule has 0 saturated carbocycles. The molecule has 17 heteroatoms. The van der Waals surface area contributed by atoms with E-state index in [-0.39, 0.29) is 55.9 Å². The third kappa shape index (κ3) is 10.8. The molecular formula is C37H37F5N4O7S. The number of hydrogen-bond donors (Lipinski definition) is 4. The highest BCUT2D eigenvalue weighted by molar-refractivity contribution is 7.92. The van der Waals surface area contributed by atoms with E-state index < -0.39 is 63.0 Å². The van der Waals surface area contributed by atoms with Crippen molar-refractivity contribution in [2.75, 3.05) is 28.6 Å². The zero-order chi connectivity index (χ0) is 39.6. The number of carbonyl (C=O) groups excluding carboxylic acids is 2. The molecule has 5 rings (SSSR count). The van der Waals surface area contributed by atoms with Gasteiger partial charge >= 0.3 is 6.18 Å². The molecule has 1 aliphatic rings. The number of nitrogens with zero attached hydrogens (tertiary/aromatic N) is 2. The predicted molar refractivity (Wildman–Crippen MR) is 191 cm³/mol. The minimum absolute atomic E-state index is 0.0156. The van der Waals surface area contributed by atoms with Gasteiger partial charge in [-0.25, -0.2) is 21.5 Å². The Morgan fingerprint density at radius 3 is 2.19 bits per heavy atom. The topological polar surface area (TPSA) is 156 Å². The van der Waals surface area contributed by atoms with E-state index in [4.69, 9.17) is 9.90 Å². The van der Waals surface area contributed by atoms with Gasteiger partial charge in [0.2, 0.25) is 15.9 Å². The van der Waals surface area contributed by atoms with Crippen LogP contribution in [0.4, 0.5) is 39.0 Å². The highest BCUT2D eigenvalue weighted by Crippen LogP contribution is 2.41. The zero-order valence-corrected chi connectivity index (χ0v) is 29.6. The van der Waals surface area contributed by atoms with Crippen LogP contribution in [0.5, 0.6) is 0 Å². The van der Waals surface area contributed by atoms with E-state index in [9.17, 15) is 45.1 Å². The van der Waals surface area contributed by atoms with Crippen molar-refractivity contribution >= 4 is 45.4 Å². The van der Waals surface area contributed by atoms with E-state index in [0.29, 0.717) is 22.4 Å². The van der Waals surface area contributed by atoms with Crippen molar-refractivity contribution < 1.29 is 55.0 Å². The second-order valence-corrected chi connectivity index (χ2v) is 14.1. The molecule has 0 aliphatic carbocycles. The molecular weight excluding hydrogens is 739 g/mol. The Hall–Kier alpha value is -5.39. The van der Waals surface area contributed by atoms with Crippen LogP contribution in [0.2, 0.25) is 0 Å². The number of alkyl halides is 3. The van der Waals surface area contributed by atoms with E-state index in [2.05, 4.69) is 10.6 Å². The number of hydrogen-bond acceptors (Lipinski definition) is 7. The second kappa shape index (κ2) is 18.1. The number of halogens is 5. The normalized spacial score (nSPS) is 14.1. The Bertz CT molecular complexity index is 2030. The van der Waals surface area contributed by atoms with Gasteiger partial charge in [0.15, 0.2) is 0 Å². The fourth-order valence-corrected chi connectivity index (χ4v) is 6.97. The molecule has 0 unspecified atom stereocenters. The van der Waals surface area contributed by atoms with Crippen LogP contribution in [-0.4, -0.2) is 68.4 Å². The van der Waals surface area contributed by atoms with Crippen molar-refractivity contribution in [3.63, 3.8) is 0 Å². The van der Waals surface area contributed by atoms with Gasteiger partial charge in [0.05, 0.1) is 46.6 Å². The summed E-state index contributed by atoms with van der Waals surface area (Å²) < 4.78 is 95.4. The molecule has 11 nitrogen and oxygen atoms in total. The summed E-state index contributed by atoms with van der Waals surface area (Å²) in [6, 6.07) is 18.9. The van der Waals surface area contributed by atoms with Crippen LogP contribution in [-0.2, 0) is 38.8 Å². The van der Waals surface area contributed by atoms with E-state index >= 15 is 0 Å². The molecule has 4 aromatic carbocycles. The highest BCUT2D eigenvalue weighted by atomic mass is 32.2. The van der Waals surface area contributed by atoms with Gasteiger partial charge in [-0.15, -0.1) is 0 Å². The van der Waals surface area contributed by atoms with Crippen LogP contribution in [0.15, 0.2) is 91.0 Å². The third-order valence-corrected chi connectivity index (χ3v) is 9.32. The van der Waals surface area contributed by atoms with Crippen LogP contribution in [0.25, 0.3) is 0 Å². The largest absolute Gasteiger partial charge is 0.483 e. The number of nitrogens with one attached hydrogen (secondary N) is 2. The summed E-state index contributed by atoms with van der Waals surface area (Å²) in [5.41, 5.74) is -0.606. The van der Waals surface area contributed by atoms with Crippen LogP contribution in [0.3, 0.4) is 0 Å². The second-order valence-electron chi connectivity index (χ2n) is 12.2. The lowest BCUT2D eigenvalue weighted by molar-refractivity contribution is -0.137. The number of amides is 2. The van der Waals surface area contributed by atoms with E-state index in [1.807, 2.05) is 0 Å². The SMILES string of the molecule is CS(=O)(=O)N(c1cc(F)cc(F)c1)c1cccc(C(=O)N[C@@H](Cc2ccccc2)[C@H](O)CNCc2cccc(C(F)(F)F)c2)c1N1CCCC1=O.O=CO. The zero-order valence-electron chi connectivity index (χ0n) is 28.8. The molecule has 288 valence electrons. The maximum atomic E-state index is 14.3. The highest BCUT2D eigenvalue weighted by Gasteiger charge is 2.35. The summed E-state index contributed by atoms with van der Waals surface area (Å²) in [5.74, 6) is -3.30. The molecule has 2 atom stereocenters. The first kappa shape index (κ1) is 41.4. The first-order valence-corrected chi connectivity index (χ1v) is 18.3. The van der Waals surface area contributed by atoms with Crippen molar-refractivity contribution in [2.24, 2.45) is 0 Å². The van der Waals surface area contributed by atoms with Crippen molar-refractivity contribution in [3.05, 3.63) is 125 Å². The van der Waals surface area contributed by atoms with E-state index in [1.165, 1.54) is 35.2 Å². The minimum atomic E-state index is -4.53. The van der Waals surface area contributed by atoms with Crippen molar-refractivity contribution in [3.8, 4) is 0 Å². The monoisotopic (exact) mass is 776 g/mol. The summed E-state index contributed by atoms with van der Waals surface area (Å²) in [5, 5.41) is 23.9. The minimum Gasteiger partial charge on any atom is -0.483 e. The maximum Gasteiger partial charge on any atom is 0.416 e. The Morgan fingerprint density at radius 1 is 0.963 bits per heavy atom. The lowest BCUT2D eigenvalue weighted by Crippen LogP contribution is -2.49. The number of anilines is 3. The van der Waals surface area contributed by atoms with Gasteiger partial charge in [0.1, 0.15) is 11.6 Å². The number of aliphatic hydroxyl groups is 1. The number of carboxylic acid groups (broad SMARTS) is 1. The summed E-state index contributed by atoms with van der Waals surface area (Å²) >= 11 is 0. The number of carbonyl (C=O) groups is 3. The Kier molecular flexibility index (Phi) is 13.9. The van der Waals surface area contributed by atoms with Crippen molar-refractivity contribution in [1.29, 1.82) is 0 Å². The summed E-state index contributed by atoms with van der Waals surface area (Å²) in [4.78, 5) is 36.9. The smallest absolute Gasteiger partial charge is 0.416 e. The van der Waals surface area contributed by atoms with Crippen LogP contribution in [0.1, 0.15) is 39.9 Å². The average Bonchev–Trinajstić information content (AvgIpc) is 3.52. The number of sulfonamides is 1. The average molecular weight is 777 g/mol. The third-order valence-electron chi connectivity index (χ3n) is 8.25. The van der Waals surface area contributed by atoms with Gasteiger partial charge in [0, 0.05) is 32.1 Å². The summed E-state index contributed by atoms with van der Waals surface area (Å²) in [6.45, 7) is -0.280. The van der Waals surface area contributed by atoms with E-state index in [1.54, 1.807) is 30.3 Å². The standard InChI is InChI=1S/C36H35F5N4O5S.CH2O2/c1-51(49,50)45(28-19-26(37)18-27(38)20-28)31-13-6-12-29(34(31)44-15-7-14-33(44)47)35(48)43-30(17-23-8-3-2-4-9-23)32(46)22-42-21-24-10-5-11-25(16-24)36(39,40)41;2-1-3/h2-6,8-13,16,18-20,30,32,42,46H,7,14-15,17,21-22H2,1H3,(H,43,48);1H,(H,2,3)/t30-,32+;/m0./s1. The molecule has 1 heterocycles. The van der Waals surface area contributed by atoms with Crippen molar-refractivity contribution in [1.82, 2.24) is 10.6 Å². The number of para-hydroxylation sites is 1. The molecule has 1 saturated heterocycles. The molecule has 2 amide bonds. The Morgan fingerprint density at radius 2 is 1.59 bits per heavy atom. The fourth-order valence-electron chi connectivity index (χ4n) is 5.97. The fraction of sp³-hybridized carbons (Fsp3) is 0.270. The molecule has 54 heavy (non-hydrogen) atoms. The van der Waals surface area contributed by atoms with Gasteiger partial charge in [-0.2, -0.15) is 13.2 Å². The van der Waals surface area contributed by atoms with Crippen molar-refractivity contribution in [2.45, 2.75) is 44.1 Å². The maximum absolute atomic E-state index is 14.3. The Balaban J connectivity index is 0.00000209. The first-order chi connectivity index (χ1) is 25.5. The number of benzene rings is 4. The molecule has 0 radical (unpaired) electrons. The first-order valence-electron chi connectivity index (χ1n) is 16.4. The quantitative estimate of drug-likeness (QED) is 0.104. The predicted octanol–water partition coefficient (Wildman–Crippen LogP) is 5.40.